The summed E-state index contributed by atoms with van der Waals surface area (Å²) in [7, 11) is 0. The van der Waals surface area contributed by atoms with Gasteiger partial charge in [0.25, 0.3) is 0 Å². The van der Waals surface area contributed by atoms with E-state index < -0.39 is 0 Å². The van der Waals surface area contributed by atoms with Crippen molar-refractivity contribution in [2.75, 3.05) is 19.6 Å². The molecule has 0 saturated carbocycles. The van der Waals surface area contributed by atoms with Crippen molar-refractivity contribution < 1.29 is 9.59 Å². The van der Waals surface area contributed by atoms with Gasteiger partial charge in [-0.3, -0.25) is 9.59 Å². The molecule has 2 fully saturated rings. The van der Waals surface area contributed by atoms with Crippen LogP contribution in [0.2, 0.25) is 0 Å². The number of thiophene rings is 1. The largest absolute Gasteiger partial charge is 0.353 e. The summed E-state index contributed by atoms with van der Waals surface area (Å²) in [6, 6.07) is 4.22. The molecule has 2 aliphatic rings. The van der Waals surface area contributed by atoms with Gasteiger partial charge in [0.05, 0.1) is 4.88 Å². The molecule has 0 spiro atoms. The Hall–Kier alpha value is -1.20. The van der Waals surface area contributed by atoms with E-state index in [1.54, 1.807) is 0 Å². The van der Waals surface area contributed by atoms with Gasteiger partial charge in [0.2, 0.25) is 5.91 Å². The Labute approximate surface area is 129 Å². The normalized spacial score (nSPS) is 26.2. The lowest BCUT2D eigenvalue weighted by Crippen LogP contribution is -2.54. The predicted octanol–water partition coefficient (Wildman–Crippen LogP) is 2.31. The molecule has 2 unspecified atom stereocenters. The summed E-state index contributed by atoms with van der Waals surface area (Å²) in [4.78, 5) is 26.7. The van der Waals surface area contributed by atoms with E-state index in [1.165, 1.54) is 11.3 Å². The quantitative estimate of drug-likeness (QED) is 0.849. The first-order valence-corrected chi connectivity index (χ1v) is 8.69. The summed E-state index contributed by atoms with van der Waals surface area (Å²) < 4.78 is 0. The van der Waals surface area contributed by atoms with E-state index in [0.717, 1.165) is 43.8 Å². The molecule has 0 bridgehead atoms. The highest BCUT2D eigenvalue weighted by atomic mass is 32.1. The summed E-state index contributed by atoms with van der Waals surface area (Å²) in [6.07, 6.45) is 4.31. The van der Waals surface area contributed by atoms with Gasteiger partial charge in [0.1, 0.15) is 0 Å². The molecule has 5 heteroatoms. The summed E-state index contributed by atoms with van der Waals surface area (Å²) in [6.45, 7) is 3.10. The van der Waals surface area contributed by atoms with Crippen LogP contribution in [0.5, 0.6) is 0 Å². The second-order valence-electron chi connectivity index (χ2n) is 6.07. The van der Waals surface area contributed by atoms with Gasteiger partial charge in [-0.05, 0) is 43.2 Å². The third-order valence-corrected chi connectivity index (χ3v) is 5.49. The molecule has 114 valence electrons. The Morgan fingerprint density at radius 1 is 1.43 bits per heavy atom. The third-order valence-electron chi connectivity index (χ3n) is 4.58. The molecule has 3 rings (SSSR count). The highest BCUT2D eigenvalue weighted by Gasteiger charge is 2.33. The van der Waals surface area contributed by atoms with Crippen LogP contribution < -0.4 is 5.32 Å². The maximum absolute atomic E-state index is 12.0. The first-order chi connectivity index (χ1) is 10.2. The average Bonchev–Trinajstić information content (AvgIpc) is 3.01. The number of carbonyl (C=O) groups excluding carboxylic acids is 2. The summed E-state index contributed by atoms with van der Waals surface area (Å²) in [5.74, 6) is 1.08. The minimum atomic E-state index is 0.214. The van der Waals surface area contributed by atoms with Crippen molar-refractivity contribution in [3.63, 3.8) is 0 Å². The van der Waals surface area contributed by atoms with Crippen molar-refractivity contribution in [3.8, 4) is 0 Å². The fourth-order valence-corrected chi connectivity index (χ4v) is 4.11. The number of nitrogens with one attached hydrogen (secondary N) is 1. The minimum absolute atomic E-state index is 0.214. The Morgan fingerprint density at radius 2 is 2.33 bits per heavy atom. The van der Waals surface area contributed by atoms with E-state index in [1.807, 2.05) is 17.5 Å². The summed E-state index contributed by atoms with van der Waals surface area (Å²) in [5.41, 5.74) is 0. The number of nitrogens with zero attached hydrogens (tertiary/aromatic N) is 1. The monoisotopic (exact) mass is 306 g/mol. The number of amides is 1. The first kappa shape index (κ1) is 14.7. The number of rotatable bonds is 5. The lowest BCUT2D eigenvalue weighted by atomic mass is 9.85. The number of carbonyl (C=O) groups is 2. The van der Waals surface area contributed by atoms with Crippen LogP contribution in [0.4, 0.5) is 0 Å². The molecule has 4 nitrogen and oxygen atoms in total. The lowest BCUT2D eigenvalue weighted by Gasteiger charge is -2.41. The zero-order valence-electron chi connectivity index (χ0n) is 12.2. The first-order valence-electron chi connectivity index (χ1n) is 7.81. The average molecular weight is 306 g/mol. The standard InChI is InChI=1S/C16H22N2O2S/c19-14(15-4-2-10-21-15)3-1-8-18-9-7-13-12(11-18)5-6-16(20)17-13/h2,4,10,12-13H,1,3,5-9,11H2,(H,17,20). The van der Waals surface area contributed by atoms with Gasteiger partial charge in [-0.15, -0.1) is 11.3 Å². The fraction of sp³-hybridized carbons (Fsp3) is 0.625. The van der Waals surface area contributed by atoms with E-state index in [-0.39, 0.29) is 11.7 Å². The van der Waals surface area contributed by atoms with Crippen LogP contribution in [-0.4, -0.2) is 42.3 Å². The van der Waals surface area contributed by atoms with Gasteiger partial charge in [0, 0.05) is 32.0 Å². The Bertz CT molecular complexity index is 500. The molecule has 1 aromatic rings. The van der Waals surface area contributed by atoms with E-state index in [4.69, 9.17) is 0 Å². The zero-order chi connectivity index (χ0) is 14.7. The molecular weight excluding hydrogens is 284 g/mol. The lowest BCUT2D eigenvalue weighted by molar-refractivity contribution is -0.125. The molecule has 2 atom stereocenters. The van der Waals surface area contributed by atoms with Crippen LogP contribution in [0, 0.1) is 5.92 Å². The molecule has 1 amide bonds. The van der Waals surface area contributed by atoms with E-state index in [9.17, 15) is 9.59 Å². The van der Waals surface area contributed by atoms with Gasteiger partial charge in [0.15, 0.2) is 5.78 Å². The maximum Gasteiger partial charge on any atom is 0.220 e. The number of ketones is 1. The van der Waals surface area contributed by atoms with Crippen LogP contribution in [-0.2, 0) is 4.79 Å². The van der Waals surface area contributed by atoms with E-state index in [2.05, 4.69) is 10.2 Å². The second-order valence-corrected chi connectivity index (χ2v) is 7.01. The van der Waals surface area contributed by atoms with Crippen molar-refractivity contribution >= 4 is 23.0 Å². The van der Waals surface area contributed by atoms with Gasteiger partial charge >= 0.3 is 0 Å². The molecule has 2 aliphatic heterocycles. The Balaban J connectivity index is 1.41. The van der Waals surface area contributed by atoms with E-state index in [0.29, 0.717) is 24.8 Å². The Morgan fingerprint density at radius 3 is 3.14 bits per heavy atom. The van der Waals surface area contributed by atoms with Crippen LogP contribution in [0.1, 0.15) is 41.8 Å². The fourth-order valence-electron chi connectivity index (χ4n) is 3.41. The van der Waals surface area contributed by atoms with Gasteiger partial charge in [-0.1, -0.05) is 6.07 Å². The van der Waals surface area contributed by atoms with Crippen molar-refractivity contribution in [2.24, 2.45) is 5.92 Å². The number of hydrogen-bond donors (Lipinski definition) is 1. The molecule has 3 heterocycles. The molecular formula is C16H22N2O2S. The van der Waals surface area contributed by atoms with Gasteiger partial charge in [-0.2, -0.15) is 0 Å². The van der Waals surface area contributed by atoms with Gasteiger partial charge in [-0.25, -0.2) is 0 Å². The van der Waals surface area contributed by atoms with Crippen molar-refractivity contribution in [3.05, 3.63) is 22.4 Å². The Kier molecular flexibility index (Phi) is 4.70. The number of hydrogen-bond acceptors (Lipinski definition) is 4. The number of piperidine rings is 2. The van der Waals surface area contributed by atoms with Crippen molar-refractivity contribution in [1.82, 2.24) is 10.2 Å². The molecule has 0 aliphatic carbocycles. The molecule has 1 N–H and O–H groups in total. The van der Waals surface area contributed by atoms with Gasteiger partial charge < -0.3 is 10.2 Å². The maximum atomic E-state index is 12.0. The highest BCUT2D eigenvalue weighted by Crippen LogP contribution is 2.25. The zero-order valence-corrected chi connectivity index (χ0v) is 13.0. The second kappa shape index (κ2) is 6.71. The molecule has 1 aromatic heterocycles. The minimum Gasteiger partial charge on any atom is -0.353 e. The number of Topliss-reactive ketones (excluding diaryl/α,β-unsaturated/α-hetero) is 1. The summed E-state index contributed by atoms with van der Waals surface area (Å²) >= 11 is 1.53. The van der Waals surface area contributed by atoms with Crippen LogP contribution in [0.25, 0.3) is 0 Å². The number of fused-ring (bicyclic) bond motifs is 1. The molecule has 0 radical (unpaired) electrons. The topological polar surface area (TPSA) is 49.4 Å². The molecule has 2 saturated heterocycles. The molecule has 0 aromatic carbocycles. The van der Waals surface area contributed by atoms with Crippen molar-refractivity contribution in [1.29, 1.82) is 0 Å². The number of likely N-dealkylation sites (tertiary alicyclic amines) is 1. The highest BCUT2D eigenvalue weighted by molar-refractivity contribution is 7.12. The van der Waals surface area contributed by atoms with E-state index >= 15 is 0 Å². The van der Waals surface area contributed by atoms with Crippen LogP contribution in [0.15, 0.2) is 17.5 Å². The van der Waals surface area contributed by atoms with Crippen LogP contribution >= 0.6 is 11.3 Å². The predicted molar refractivity (Wildman–Crippen MR) is 83.6 cm³/mol. The summed E-state index contributed by atoms with van der Waals surface area (Å²) in [5, 5.41) is 5.07. The molecule has 21 heavy (non-hydrogen) atoms. The SMILES string of the molecule is O=C1CCC2CN(CCCC(=O)c3cccs3)CCC2N1. The third kappa shape index (κ3) is 3.71. The smallest absolute Gasteiger partial charge is 0.220 e. The van der Waals surface area contributed by atoms with Crippen LogP contribution in [0.3, 0.4) is 0 Å². The van der Waals surface area contributed by atoms with Crippen molar-refractivity contribution in [2.45, 2.75) is 38.1 Å².